The lowest BCUT2D eigenvalue weighted by Crippen LogP contribution is -2.12. The van der Waals surface area contributed by atoms with Gasteiger partial charge < -0.3 is 9.47 Å². The molecule has 0 spiro atoms. The summed E-state index contributed by atoms with van der Waals surface area (Å²) >= 11 is 1.32. The van der Waals surface area contributed by atoms with E-state index in [1.165, 1.54) is 17.3 Å². The minimum Gasteiger partial charge on any atom is -0.490 e. The molecule has 0 amide bonds. The van der Waals surface area contributed by atoms with Crippen LogP contribution in [0.25, 0.3) is 5.69 Å². The number of hydrogen-bond acceptors (Lipinski definition) is 7. The van der Waals surface area contributed by atoms with Crippen LogP contribution in [-0.2, 0) is 0 Å². The summed E-state index contributed by atoms with van der Waals surface area (Å²) in [4.78, 5) is 11.2. The monoisotopic (exact) mass is 456 g/mol. The molecule has 0 fully saturated rings. The second-order valence-corrected chi connectivity index (χ2v) is 8.50. The highest BCUT2D eigenvalue weighted by molar-refractivity contribution is 7.99. The van der Waals surface area contributed by atoms with Crippen molar-refractivity contribution in [2.24, 2.45) is 0 Å². The summed E-state index contributed by atoms with van der Waals surface area (Å²) in [5, 5.41) is 20.2. The van der Waals surface area contributed by atoms with Crippen molar-refractivity contribution in [1.29, 1.82) is 0 Å². The standard InChI is InChI=1S/C23H28N4O4S/c1-6-30-20-11-9-18(13-21(20)31-7-2)22(14-26(28)29)32-23-25-24-17(5)27(23)19-10-8-15(3)16(4)12-19/h8-13,22H,6-7,14H2,1-5H3/t22-/m0/s1. The van der Waals surface area contributed by atoms with Crippen LogP contribution in [0.15, 0.2) is 41.6 Å². The van der Waals surface area contributed by atoms with Gasteiger partial charge in [0, 0.05) is 10.6 Å². The van der Waals surface area contributed by atoms with Crippen molar-refractivity contribution in [3.8, 4) is 17.2 Å². The Bertz CT molecular complexity index is 1100. The third kappa shape index (κ3) is 5.40. The predicted octanol–water partition coefficient (Wildman–Crippen LogP) is 5.10. The molecule has 3 rings (SSSR count). The number of ether oxygens (including phenoxy) is 2. The molecule has 1 atom stereocenters. The second-order valence-electron chi connectivity index (χ2n) is 7.33. The molecule has 0 aliphatic heterocycles. The number of nitro groups is 1. The van der Waals surface area contributed by atoms with Crippen molar-refractivity contribution < 1.29 is 14.4 Å². The highest BCUT2D eigenvalue weighted by Gasteiger charge is 2.25. The highest BCUT2D eigenvalue weighted by atomic mass is 32.2. The molecule has 0 radical (unpaired) electrons. The van der Waals surface area contributed by atoms with Crippen LogP contribution in [0.3, 0.4) is 0 Å². The molecule has 0 bridgehead atoms. The first kappa shape index (κ1) is 23.6. The van der Waals surface area contributed by atoms with Gasteiger partial charge in [-0.1, -0.05) is 23.9 Å². The molecule has 170 valence electrons. The average molecular weight is 457 g/mol. The van der Waals surface area contributed by atoms with Gasteiger partial charge in [0.25, 0.3) is 0 Å². The molecule has 0 N–H and O–H groups in total. The molecule has 1 heterocycles. The van der Waals surface area contributed by atoms with Crippen molar-refractivity contribution in [3.05, 3.63) is 69.0 Å². The van der Waals surface area contributed by atoms with E-state index in [2.05, 4.69) is 30.1 Å². The number of hydrogen-bond donors (Lipinski definition) is 0. The first-order valence-corrected chi connectivity index (χ1v) is 11.4. The summed E-state index contributed by atoms with van der Waals surface area (Å²) in [6, 6.07) is 11.6. The molecular formula is C23H28N4O4S. The van der Waals surface area contributed by atoms with Crippen LogP contribution in [0.4, 0.5) is 0 Å². The maximum absolute atomic E-state index is 11.5. The fourth-order valence-corrected chi connectivity index (χ4v) is 4.49. The van der Waals surface area contributed by atoms with E-state index >= 15 is 0 Å². The maximum Gasteiger partial charge on any atom is 0.220 e. The molecule has 1 aromatic heterocycles. The number of benzene rings is 2. The van der Waals surface area contributed by atoms with Crippen LogP contribution in [0.1, 0.15) is 41.6 Å². The third-order valence-corrected chi connectivity index (χ3v) is 6.23. The van der Waals surface area contributed by atoms with Gasteiger partial charge in [-0.25, -0.2) is 0 Å². The fourth-order valence-electron chi connectivity index (χ4n) is 3.32. The number of thioether (sulfide) groups is 1. The summed E-state index contributed by atoms with van der Waals surface area (Å²) in [5.41, 5.74) is 4.05. The number of rotatable bonds is 10. The van der Waals surface area contributed by atoms with E-state index in [4.69, 9.17) is 9.47 Å². The molecular weight excluding hydrogens is 428 g/mol. The summed E-state index contributed by atoms with van der Waals surface area (Å²) in [6.07, 6.45) is 0. The van der Waals surface area contributed by atoms with Gasteiger partial charge >= 0.3 is 0 Å². The second kappa shape index (κ2) is 10.5. The van der Waals surface area contributed by atoms with Crippen LogP contribution in [-0.4, -0.2) is 39.4 Å². The Hall–Kier alpha value is -3.07. The Morgan fingerprint density at radius 1 is 1.00 bits per heavy atom. The van der Waals surface area contributed by atoms with E-state index in [0.717, 1.165) is 22.6 Å². The van der Waals surface area contributed by atoms with Gasteiger partial charge in [0.1, 0.15) is 11.1 Å². The summed E-state index contributed by atoms with van der Waals surface area (Å²) in [5.74, 6) is 1.92. The minimum atomic E-state index is -0.478. The van der Waals surface area contributed by atoms with E-state index in [-0.39, 0.29) is 11.5 Å². The van der Waals surface area contributed by atoms with Crippen molar-refractivity contribution >= 4 is 11.8 Å². The predicted molar refractivity (Wildman–Crippen MR) is 125 cm³/mol. The van der Waals surface area contributed by atoms with Gasteiger partial charge in [-0.15, -0.1) is 10.2 Å². The molecule has 3 aromatic rings. The highest BCUT2D eigenvalue weighted by Crippen LogP contribution is 2.39. The molecule has 0 saturated heterocycles. The average Bonchev–Trinajstić information content (AvgIpc) is 3.11. The normalized spacial score (nSPS) is 11.9. The first-order chi connectivity index (χ1) is 15.3. The van der Waals surface area contributed by atoms with Gasteiger partial charge in [0.15, 0.2) is 16.7 Å². The molecule has 8 nitrogen and oxygen atoms in total. The minimum absolute atomic E-state index is 0.261. The van der Waals surface area contributed by atoms with E-state index in [9.17, 15) is 10.1 Å². The SMILES string of the molecule is CCOc1ccc([C@H](C[N+](=O)[O-])Sc2nnc(C)n2-c2ccc(C)c(C)c2)cc1OCC. The van der Waals surface area contributed by atoms with Crippen molar-refractivity contribution in [2.45, 2.75) is 45.0 Å². The zero-order chi connectivity index (χ0) is 23.3. The largest absolute Gasteiger partial charge is 0.490 e. The lowest BCUT2D eigenvalue weighted by atomic mass is 10.1. The van der Waals surface area contributed by atoms with Gasteiger partial charge in [0.2, 0.25) is 6.54 Å². The zero-order valence-corrected chi connectivity index (χ0v) is 19.8. The van der Waals surface area contributed by atoms with Crippen LogP contribution in [0.5, 0.6) is 11.5 Å². The van der Waals surface area contributed by atoms with Crippen LogP contribution in [0, 0.1) is 30.9 Å². The topological polar surface area (TPSA) is 92.3 Å². The van der Waals surface area contributed by atoms with Crippen molar-refractivity contribution in [3.63, 3.8) is 0 Å². The molecule has 32 heavy (non-hydrogen) atoms. The summed E-state index contributed by atoms with van der Waals surface area (Å²) in [7, 11) is 0. The van der Waals surface area contributed by atoms with Crippen LogP contribution < -0.4 is 9.47 Å². The lowest BCUT2D eigenvalue weighted by molar-refractivity contribution is -0.479. The Balaban J connectivity index is 2.00. The molecule has 0 unspecified atom stereocenters. The molecule has 2 aromatic carbocycles. The Labute approximate surface area is 192 Å². The van der Waals surface area contributed by atoms with E-state index in [1.807, 2.05) is 49.6 Å². The summed E-state index contributed by atoms with van der Waals surface area (Å²) < 4.78 is 13.3. The fraction of sp³-hybridized carbons (Fsp3) is 0.391. The smallest absolute Gasteiger partial charge is 0.220 e. The van der Waals surface area contributed by atoms with E-state index in [0.29, 0.717) is 29.9 Å². The Morgan fingerprint density at radius 2 is 1.72 bits per heavy atom. The number of aryl methyl sites for hydroxylation is 3. The molecule has 0 aliphatic carbocycles. The Kier molecular flexibility index (Phi) is 7.74. The van der Waals surface area contributed by atoms with Crippen LogP contribution in [0.2, 0.25) is 0 Å². The van der Waals surface area contributed by atoms with Crippen molar-refractivity contribution in [2.75, 3.05) is 19.8 Å². The number of aromatic nitrogens is 3. The molecule has 0 aliphatic rings. The first-order valence-electron chi connectivity index (χ1n) is 10.5. The Morgan fingerprint density at radius 3 is 2.38 bits per heavy atom. The summed E-state index contributed by atoms with van der Waals surface area (Å²) in [6.45, 7) is 10.5. The quantitative estimate of drug-likeness (QED) is 0.238. The molecule has 0 saturated carbocycles. The number of nitrogens with zero attached hydrogens (tertiary/aromatic N) is 4. The zero-order valence-electron chi connectivity index (χ0n) is 19.0. The van der Waals surface area contributed by atoms with Gasteiger partial charge in [-0.05, 0) is 75.6 Å². The van der Waals surface area contributed by atoms with Gasteiger partial charge in [0.05, 0.1) is 13.2 Å². The maximum atomic E-state index is 11.5. The third-order valence-electron chi connectivity index (χ3n) is 5.05. The molecule has 9 heteroatoms. The van der Waals surface area contributed by atoms with E-state index in [1.54, 1.807) is 6.07 Å². The van der Waals surface area contributed by atoms with Gasteiger partial charge in [-0.2, -0.15) is 0 Å². The van der Waals surface area contributed by atoms with Gasteiger partial charge in [-0.3, -0.25) is 14.7 Å². The van der Waals surface area contributed by atoms with Crippen molar-refractivity contribution in [1.82, 2.24) is 14.8 Å². The van der Waals surface area contributed by atoms with E-state index < -0.39 is 5.25 Å². The lowest BCUT2D eigenvalue weighted by Gasteiger charge is -2.17. The van der Waals surface area contributed by atoms with Crippen LogP contribution >= 0.6 is 11.8 Å².